The van der Waals surface area contributed by atoms with Gasteiger partial charge in [0, 0.05) is 31.6 Å². The second-order valence-corrected chi connectivity index (χ2v) is 10.8. The minimum absolute atomic E-state index is 0.000659. The molecule has 4 aromatic rings. The lowest BCUT2D eigenvalue weighted by molar-refractivity contribution is -0.124. The molecule has 0 spiro atoms. The van der Waals surface area contributed by atoms with Crippen molar-refractivity contribution in [3.05, 3.63) is 54.4 Å². The first-order valence-electron chi connectivity index (χ1n) is 11.3. The maximum absolute atomic E-state index is 13.2. The molecule has 1 aliphatic heterocycles. The fourth-order valence-electron chi connectivity index (χ4n) is 3.72. The van der Waals surface area contributed by atoms with E-state index in [-0.39, 0.29) is 10.8 Å². The van der Waals surface area contributed by atoms with Crippen molar-refractivity contribution in [2.75, 3.05) is 41.7 Å². The molecule has 0 aliphatic carbocycles. The molecule has 0 unspecified atom stereocenters. The van der Waals surface area contributed by atoms with Gasteiger partial charge in [-0.25, -0.2) is 33.8 Å². The molecule has 1 saturated heterocycles. The van der Waals surface area contributed by atoms with Gasteiger partial charge in [0.2, 0.25) is 5.95 Å². The number of amides is 1. The average molecular weight is 555 g/mol. The number of sulfonamides is 1. The maximum Gasteiger partial charge on any atom is 0.267 e. The van der Waals surface area contributed by atoms with Crippen LogP contribution < -0.4 is 20.8 Å². The fraction of sp³-hybridized carbons (Fsp3) is 0.174. The molecular formula is C23H22N8O5S2. The summed E-state index contributed by atoms with van der Waals surface area (Å²) in [5.41, 5.74) is 8.69. The van der Waals surface area contributed by atoms with Crippen LogP contribution in [0.15, 0.2) is 53.7 Å². The van der Waals surface area contributed by atoms with Crippen LogP contribution in [0.25, 0.3) is 27.7 Å². The van der Waals surface area contributed by atoms with E-state index < -0.39 is 15.9 Å². The van der Waals surface area contributed by atoms with Gasteiger partial charge in [0.15, 0.2) is 11.6 Å². The fourth-order valence-corrected chi connectivity index (χ4v) is 6.08. The van der Waals surface area contributed by atoms with Crippen molar-refractivity contribution < 1.29 is 23.2 Å². The van der Waals surface area contributed by atoms with Crippen LogP contribution in [0.4, 0.5) is 16.8 Å². The molecule has 1 aromatic carbocycles. The Labute approximate surface area is 221 Å². The first-order valence-corrected chi connectivity index (χ1v) is 13.6. The zero-order valence-corrected chi connectivity index (χ0v) is 21.4. The normalized spacial score (nSPS) is 14.2. The van der Waals surface area contributed by atoms with E-state index in [0.29, 0.717) is 59.6 Å². The Hall–Kier alpha value is -4.18. The SMILES string of the molecule is Nc1ncc(-c2nc(N3CCOCC3)c3sc(NS(=O)(=O)c4cccc(C=CC(=O)NO)c4)cc3n2)cn1. The Bertz CT molecular complexity index is 1620. The van der Waals surface area contributed by atoms with Crippen LogP contribution in [-0.2, 0) is 19.6 Å². The number of rotatable bonds is 7. The van der Waals surface area contributed by atoms with Crippen LogP contribution in [0.5, 0.6) is 0 Å². The number of aromatic nitrogens is 4. The van der Waals surface area contributed by atoms with Crippen LogP contribution in [0.3, 0.4) is 0 Å². The Morgan fingerprint density at radius 1 is 1.16 bits per heavy atom. The molecule has 4 heterocycles. The molecule has 1 amide bonds. The molecule has 0 atom stereocenters. The molecule has 3 aromatic heterocycles. The quantitative estimate of drug-likeness (QED) is 0.148. The third kappa shape index (κ3) is 5.55. The van der Waals surface area contributed by atoms with Gasteiger partial charge < -0.3 is 15.4 Å². The van der Waals surface area contributed by atoms with Crippen molar-refractivity contribution in [3.8, 4) is 11.4 Å². The zero-order valence-electron chi connectivity index (χ0n) is 19.7. The number of morpholine rings is 1. The van der Waals surface area contributed by atoms with Crippen molar-refractivity contribution in [1.29, 1.82) is 0 Å². The van der Waals surface area contributed by atoms with Crippen LogP contribution >= 0.6 is 11.3 Å². The lowest BCUT2D eigenvalue weighted by Gasteiger charge is -2.28. The summed E-state index contributed by atoms with van der Waals surface area (Å²) in [6.07, 6.45) is 5.54. The predicted molar refractivity (Wildman–Crippen MR) is 142 cm³/mol. The average Bonchev–Trinajstić information content (AvgIpc) is 3.33. The number of fused-ring (bicyclic) bond motifs is 1. The molecule has 0 radical (unpaired) electrons. The Balaban J connectivity index is 1.51. The van der Waals surface area contributed by atoms with Crippen molar-refractivity contribution in [2.45, 2.75) is 4.90 Å². The second-order valence-electron chi connectivity index (χ2n) is 8.11. The number of hydrogen-bond donors (Lipinski definition) is 4. The van der Waals surface area contributed by atoms with Gasteiger partial charge in [0.1, 0.15) is 5.00 Å². The summed E-state index contributed by atoms with van der Waals surface area (Å²) in [6.45, 7) is 2.33. The molecule has 5 N–H and O–H groups in total. The van der Waals surface area contributed by atoms with Gasteiger partial charge in [-0.15, -0.1) is 11.3 Å². The number of hydroxylamine groups is 1. The van der Waals surface area contributed by atoms with Crippen molar-refractivity contribution >= 4 is 60.3 Å². The van der Waals surface area contributed by atoms with Gasteiger partial charge in [-0.2, -0.15) is 0 Å². The Kier molecular flexibility index (Phi) is 7.15. The third-order valence-electron chi connectivity index (χ3n) is 5.54. The lowest BCUT2D eigenvalue weighted by Crippen LogP contribution is -2.36. The van der Waals surface area contributed by atoms with E-state index in [0.717, 1.165) is 10.8 Å². The molecule has 0 bridgehead atoms. The number of benzene rings is 1. The van der Waals surface area contributed by atoms with Crippen molar-refractivity contribution in [2.24, 2.45) is 0 Å². The van der Waals surface area contributed by atoms with Gasteiger partial charge in [0.25, 0.3) is 15.9 Å². The number of nitrogens with zero attached hydrogens (tertiary/aromatic N) is 5. The standard InChI is InChI=1S/C23H22N8O5S2/c24-23-25-12-15(13-26-23)21-27-17-11-19(37-20(17)22(28-21)31-6-8-36-9-7-31)30-38(34,35)16-3-1-2-14(10-16)4-5-18(32)29-33/h1-5,10-13,30,33H,6-9H2,(H,29,32)(H2,24,25,26). The highest BCUT2D eigenvalue weighted by atomic mass is 32.2. The molecular weight excluding hydrogens is 532 g/mol. The van der Waals surface area contributed by atoms with E-state index in [2.05, 4.69) is 24.6 Å². The highest BCUT2D eigenvalue weighted by Gasteiger charge is 2.22. The van der Waals surface area contributed by atoms with E-state index in [1.807, 2.05) is 0 Å². The number of carbonyl (C=O) groups is 1. The molecule has 1 fully saturated rings. The first kappa shape index (κ1) is 25.5. The topological polar surface area (TPSA) is 186 Å². The minimum atomic E-state index is -3.97. The molecule has 5 rings (SSSR count). The van der Waals surface area contributed by atoms with Gasteiger partial charge in [-0.1, -0.05) is 12.1 Å². The number of carbonyl (C=O) groups excluding carboxylic acids is 1. The summed E-state index contributed by atoms with van der Waals surface area (Å²) in [5.74, 6) is 0.447. The van der Waals surface area contributed by atoms with Crippen molar-refractivity contribution in [1.82, 2.24) is 25.4 Å². The summed E-state index contributed by atoms with van der Waals surface area (Å²) >= 11 is 1.22. The number of nitrogens with one attached hydrogen (secondary N) is 2. The molecule has 13 nitrogen and oxygen atoms in total. The second kappa shape index (κ2) is 10.7. The van der Waals surface area contributed by atoms with Crippen molar-refractivity contribution in [3.63, 3.8) is 0 Å². The Morgan fingerprint density at radius 3 is 2.66 bits per heavy atom. The number of ether oxygens (including phenoxy) is 1. The summed E-state index contributed by atoms with van der Waals surface area (Å²) in [5, 5.41) is 8.99. The van der Waals surface area contributed by atoms with Crippen LogP contribution in [0.1, 0.15) is 5.56 Å². The van der Waals surface area contributed by atoms with E-state index >= 15 is 0 Å². The molecule has 15 heteroatoms. The largest absolute Gasteiger partial charge is 0.378 e. The van der Waals surface area contributed by atoms with E-state index in [1.54, 1.807) is 18.2 Å². The van der Waals surface area contributed by atoms with Crippen LogP contribution in [0.2, 0.25) is 0 Å². The van der Waals surface area contributed by atoms with E-state index in [9.17, 15) is 13.2 Å². The molecule has 1 aliphatic rings. The van der Waals surface area contributed by atoms with Gasteiger partial charge in [0.05, 0.1) is 33.9 Å². The number of nitrogen functional groups attached to an aromatic ring is 1. The number of nitrogens with two attached hydrogens (primary N) is 1. The summed E-state index contributed by atoms with van der Waals surface area (Å²) in [4.78, 5) is 30.8. The predicted octanol–water partition coefficient (Wildman–Crippen LogP) is 1.89. The smallest absolute Gasteiger partial charge is 0.267 e. The molecule has 38 heavy (non-hydrogen) atoms. The maximum atomic E-state index is 13.2. The van der Waals surface area contributed by atoms with Crippen LogP contribution in [-0.4, -0.2) is 65.8 Å². The first-order chi connectivity index (χ1) is 18.3. The van der Waals surface area contributed by atoms with Crippen LogP contribution in [0, 0.1) is 0 Å². The van der Waals surface area contributed by atoms with Gasteiger partial charge in [-0.05, 0) is 29.8 Å². The highest BCUT2D eigenvalue weighted by molar-refractivity contribution is 7.93. The highest BCUT2D eigenvalue weighted by Crippen LogP contribution is 2.37. The summed E-state index contributed by atoms with van der Waals surface area (Å²) in [7, 11) is -3.97. The third-order valence-corrected chi connectivity index (χ3v) is 8.06. The lowest BCUT2D eigenvalue weighted by atomic mass is 10.2. The number of anilines is 3. The number of hydrogen-bond acceptors (Lipinski definition) is 12. The summed E-state index contributed by atoms with van der Waals surface area (Å²) in [6, 6.07) is 7.69. The molecule has 196 valence electrons. The monoisotopic (exact) mass is 554 g/mol. The number of thiophene rings is 1. The van der Waals surface area contributed by atoms with Gasteiger partial charge >= 0.3 is 0 Å². The van der Waals surface area contributed by atoms with Gasteiger partial charge in [-0.3, -0.25) is 14.7 Å². The minimum Gasteiger partial charge on any atom is -0.378 e. The Morgan fingerprint density at radius 2 is 1.92 bits per heavy atom. The van der Waals surface area contributed by atoms with E-state index in [4.69, 9.17) is 20.7 Å². The molecule has 0 saturated carbocycles. The zero-order chi connectivity index (χ0) is 26.7. The summed E-state index contributed by atoms with van der Waals surface area (Å²) < 4.78 is 35.2. The van der Waals surface area contributed by atoms with E-state index in [1.165, 1.54) is 47.4 Å².